The second-order valence-electron chi connectivity index (χ2n) is 7.10. The number of hydrogen-bond acceptors (Lipinski definition) is 3. The van der Waals surface area contributed by atoms with E-state index in [4.69, 9.17) is 0 Å². The first-order valence-corrected chi connectivity index (χ1v) is 8.05. The van der Waals surface area contributed by atoms with Crippen molar-refractivity contribution in [1.82, 2.24) is 4.90 Å². The summed E-state index contributed by atoms with van der Waals surface area (Å²) in [7, 11) is 0. The summed E-state index contributed by atoms with van der Waals surface area (Å²) in [5.74, 6) is 0.525. The Morgan fingerprint density at radius 1 is 1.33 bits per heavy atom. The Morgan fingerprint density at radius 2 is 2.19 bits per heavy atom. The van der Waals surface area contributed by atoms with Crippen molar-refractivity contribution in [2.45, 2.75) is 49.3 Å². The summed E-state index contributed by atoms with van der Waals surface area (Å²) in [5.41, 5.74) is 2.35. The Bertz CT molecular complexity index is 631. The third-order valence-corrected chi connectivity index (χ3v) is 6.32. The van der Waals surface area contributed by atoms with Crippen LogP contribution in [0.25, 0.3) is 0 Å². The minimum atomic E-state index is -0.288. The SMILES string of the molecule is O=C1C[C@@]23c4ccccc4N[C@@H]2C[C@@H](O)[C@H]2CCCN1[C@H]23. The first-order chi connectivity index (χ1) is 10.2. The molecule has 110 valence electrons. The van der Waals surface area contributed by atoms with Crippen LogP contribution in [0.5, 0.6) is 0 Å². The molecule has 3 fully saturated rings. The smallest absolute Gasteiger partial charge is 0.223 e. The molecule has 1 saturated carbocycles. The molecule has 4 nitrogen and oxygen atoms in total. The number of aliphatic hydroxyl groups is 1. The highest BCUT2D eigenvalue weighted by Crippen LogP contribution is 2.59. The highest BCUT2D eigenvalue weighted by atomic mass is 16.3. The predicted octanol–water partition coefficient (Wildman–Crippen LogP) is 1.49. The van der Waals surface area contributed by atoms with Crippen molar-refractivity contribution < 1.29 is 9.90 Å². The van der Waals surface area contributed by atoms with Crippen LogP contribution in [-0.2, 0) is 10.2 Å². The van der Waals surface area contributed by atoms with E-state index < -0.39 is 0 Å². The molecule has 2 saturated heterocycles. The summed E-state index contributed by atoms with van der Waals surface area (Å²) in [6.07, 6.45) is 3.15. The molecule has 0 bridgehead atoms. The number of nitrogens with one attached hydrogen (secondary N) is 1. The van der Waals surface area contributed by atoms with Crippen LogP contribution in [0.2, 0.25) is 0 Å². The lowest BCUT2D eigenvalue weighted by molar-refractivity contribution is -0.132. The molecule has 4 heteroatoms. The standard InChI is InChI=1S/C17H20N2O2/c20-13-8-14-17(11-5-1-2-6-12(11)18-14)9-15(21)19-7-3-4-10(13)16(17)19/h1-2,5-6,10,13-14,16,18,20H,3-4,7-9H2/t10-,13-,14-,16-,17-/m1/s1. The van der Waals surface area contributed by atoms with Crippen molar-refractivity contribution in [3.63, 3.8) is 0 Å². The van der Waals surface area contributed by atoms with Gasteiger partial charge in [-0.1, -0.05) is 18.2 Å². The van der Waals surface area contributed by atoms with Crippen LogP contribution in [0, 0.1) is 5.92 Å². The Kier molecular flexibility index (Phi) is 2.18. The van der Waals surface area contributed by atoms with E-state index in [0.29, 0.717) is 6.42 Å². The minimum Gasteiger partial charge on any atom is -0.393 e. The van der Waals surface area contributed by atoms with Gasteiger partial charge >= 0.3 is 0 Å². The lowest BCUT2D eigenvalue weighted by Crippen LogP contribution is -2.62. The topological polar surface area (TPSA) is 52.6 Å². The third-order valence-electron chi connectivity index (χ3n) is 6.32. The van der Waals surface area contributed by atoms with Crippen molar-refractivity contribution in [3.05, 3.63) is 29.8 Å². The van der Waals surface area contributed by atoms with Gasteiger partial charge in [0.25, 0.3) is 0 Å². The van der Waals surface area contributed by atoms with Gasteiger partial charge in [-0.15, -0.1) is 0 Å². The average Bonchev–Trinajstić information content (AvgIpc) is 2.97. The van der Waals surface area contributed by atoms with E-state index in [1.54, 1.807) is 0 Å². The molecule has 21 heavy (non-hydrogen) atoms. The van der Waals surface area contributed by atoms with Crippen LogP contribution >= 0.6 is 0 Å². The normalized spacial score (nSPS) is 43.1. The maximum atomic E-state index is 12.6. The van der Waals surface area contributed by atoms with E-state index in [-0.39, 0.29) is 35.4 Å². The molecule has 4 aliphatic rings. The van der Waals surface area contributed by atoms with Gasteiger partial charge < -0.3 is 15.3 Å². The molecule has 1 aliphatic carbocycles. The fourth-order valence-corrected chi connectivity index (χ4v) is 5.61. The summed E-state index contributed by atoms with van der Waals surface area (Å²) in [6, 6.07) is 8.79. The molecule has 0 radical (unpaired) electrons. The largest absolute Gasteiger partial charge is 0.393 e. The molecule has 3 aliphatic heterocycles. The number of aliphatic hydroxyl groups excluding tert-OH is 1. The van der Waals surface area contributed by atoms with Crippen molar-refractivity contribution in [1.29, 1.82) is 0 Å². The summed E-state index contributed by atoms with van der Waals surface area (Å²) >= 11 is 0. The quantitative estimate of drug-likeness (QED) is 0.759. The van der Waals surface area contributed by atoms with Gasteiger partial charge in [0.05, 0.1) is 6.10 Å². The fraction of sp³-hybridized carbons (Fsp3) is 0.588. The van der Waals surface area contributed by atoms with Crippen LogP contribution in [0.15, 0.2) is 24.3 Å². The number of fused-ring (bicyclic) bond motifs is 1. The number of carbonyl (C=O) groups excluding carboxylic acids is 1. The Labute approximate surface area is 124 Å². The van der Waals surface area contributed by atoms with Gasteiger partial charge in [0.2, 0.25) is 5.91 Å². The molecule has 1 aromatic rings. The number of rotatable bonds is 0. The number of hydrogen-bond donors (Lipinski definition) is 2. The lowest BCUT2D eigenvalue weighted by Gasteiger charge is -2.52. The molecular weight excluding hydrogens is 264 g/mol. The fourth-order valence-electron chi connectivity index (χ4n) is 5.61. The van der Waals surface area contributed by atoms with Gasteiger partial charge in [-0.25, -0.2) is 0 Å². The van der Waals surface area contributed by atoms with E-state index in [9.17, 15) is 9.90 Å². The molecular formula is C17H20N2O2. The van der Waals surface area contributed by atoms with Crippen LogP contribution < -0.4 is 5.32 Å². The number of nitrogens with zero attached hydrogens (tertiary/aromatic N) is 1. The van der Waals surface area contributed by atoms with Gasteiger partial charge in [0.15, 0.2) is 0 Å². The van der Waals surface area contributed by atoms with Gasteiger partial charge in [-0.3, -0.25) is 4.79 Å². The van der Waals surface area contributed by atoms with E-state index in [2.05, 4.69) is 28.4 Å². The van der Waals surface area contributed by atoms with Crippen molar-refractivity contribution >= 4 is 11.6 Å². The molecule has 0 aromatic heterocycles. The molecule has 5 rings (SSSR count). The van der Waals surface area contributed by atoms with Crippen molar-refractivity contribution in [3.8, 4) is 0 Å². The molecule has 1 spiro atoms. The monoisotopic (exact) mass is 284 g/mol. The van der Waals surface area contributed by atoms with Gasteiger partial charge in [-0.2, -0.15) is 0 Å². The first-order valence-electron chi connectivity index (χ1n) is 8.05. The number of piperidine rings is 1. The van der Waals surface area contributed by atoms with Gasteiger partial charge in [-0.05, 0) is 30.9 Å². The zero-order valence-corrected chi connectivity index (χ0v) is 12.0. The minimum absolute atomic E-state index is 0.113. The second-order valence-corrected chi connectivity index (χ2v) is 7.10. The highest BCUT2D eigenvalue weighted by Gasteiger charge is 2.66. The molecule has 3 heterocycles. The molecule has 0 unspecified atom stereocenters. The van der Waals surface area contributed by atoms with Crippen LogP contribution in [0.1, 0.15) is 31.2 Å². The van der Waals surface area contributed by atoms with Crippen LogP contribution in [-0.4, -0.2) is 40.6 Å². The number of anilines is 1. The number of para-hydroxylation sites is 1. The Morgan fingerprint density at radius 3 is 3.10 bits per heavy atom. The Hall–Kier alpha value is -1.55. The third kappa shape index (κ3) is 1.28. The summed E-state index contributed by atoms with van der Waals surface area (Å²) in [6.45, 7) is 0.864. The van der Waals surface area contributed by atoms with Crippen molar-refractivity contribution in [2.24, 2.45) is 5.92 Å². The lowest BCUT2D eigenvalue weighted by atomic mass is 9.59. The van der Waals surface area contributed by atoms with Crippen LogP contribution in [0.4, 0.5) is 5.69 Å². The average molecular weight is 284 g/mol. The molecule has 1 aromatic carbocycles. The molecule has 5 atom stereocenters. The number of amides is 1. The summed E-state index contributed by atoms with van der Waals surface area (Å²) in [5, 5.41) is 14.2. The maximum absolute atomic E-state index is 12.6. The molecule has 2 N–H and O–H groups in total. The van der Waals surface area contributed by atoms with E-state index in [1.807, 2.05) is 6.07 Å². The zero-order valence-electron chi connectivity index (χ0n) is 12.0. The number of carbonyl (C=O) groups is 1. The summed E-state index contributed by atoms with van der Waals surface area (Å²) in [4.78, 5) is 14.7. The van der Waals surface area contributed by atoms with E-state index in [1.165, 1.54) is 5.56 Å². The van der Waals surface area contributed by atoms with Crippen LogP contribution in [0.3, 0.4) is 0 Å². The van der Waals surface area contributed by atoms with E-state index in [0.717, 1.165) is 31.5 Å². The first kappa shape index (κ1) is 12.0. The molecule has 1 amide bonds. The second kappa shape index (κ2) is 3.80. The number of benzene rings is 1. The van der Waals surface area contributed by atoms with Gasteiger partial charge in [0.1, 0.15) is 0 Å². The summed E-state index contributed by atoms with van der Waals surface area (Å²) < 4.78 is 0. The van der Waals surface area contributed by atoms with Gasteiger partial charge in [0, 0.05) is 42.1 Å². The Balaban J connectivity index is 1.74. The zero-order chi connectivity index (χ0) is 14.2. The van der Waals surface area contributed by atoms with E-state index >= 15 is 0 Å². The maximum Gasteiger partial charge on any atom is 0.223 e. The highest BCUT2D eigenvalue weighted by molar-refractivity contribution is 5.85. The predicted molar refractivity (Wildman–Crippen MR) is 79.0 cm³/mol. The van der Waals surface area contributed by atoms with Crippen molar-refractivity contribution in [2.75, 3.05) is 11.9 Å².